The van der Waals surface area contributed by atoms with E-state index < -0.39 is 0 Å². The number of aromatic nitrogens is 1. The minimum atomic E-state index is -0.173. The Hall–Kier alpha value is -2.29. The van der Waals surface area contributed by atoms with E-state index in [0.717, 1.165) is 6.42 Å². The largest absolute Gasteiger partial charge is 0.294 e. The second kappa shape index (κ2) is 6.93. The van der Waals surface area contributed by atoms with Crippen LogP contribution >= 0.6 is 0 Å². The van der Waals surface area contributed by atoms with Crippen LogP contribution in [0, 0.1) is 5.92 Å². The van der Waals surface area contributed by atoms with Gasteiger partial charge in [-0.3, -0.25) is 14.6 Å². The van der Waals surface area contributed by atoms with E-state index >= 15 is 0 Å². The van der Waals surface area contributed by atoms with Gasteiger partial charge in [-0.05, 0) is 30.0 Å². The molecular weight excluding hydrogens is 262 g/mol. The summed E-state index contributed by atoms with van der Waals surface area (Å²) in [5.74, 6) is 0.265. The quantitative estimate of drug-likeness (QED) is 0.598. The highest BCUT2D eigenvalue weighted by Gasteiger charge is 2.13. The second-order valence-electron chi connectivity index (χ2n) is 5.55. The summed E-state index contributed by atoms with van der Waals surface area (Å²) in [4.78, 5) is 28.0. The van der Waals surface area contributed by atoms with Crippen LogP contribution in [-0.2, 0) is 6.42 Å². The molecule has 1 aromatic carbocycles. The van der Waals surface area contributed by atoms with E-state index in [1.54, 1.807) is 36.7 Å². The van der Waals surface area contributed by atoms with Crippen molar-refractivity contribution in [3.8, 4) is 0 Å². The molecule has 2 rings (SSSR count). The van der Waals surface area contributed by atoms with Gasteiger partial charge >= 0.3 is 0 Å². The predicted molar refractivity (Wildman–Crippen MR) is 82.5 cm³/mol. The molecule has 0 saturated heterocycles. The van der Waals surface area contributed by atoms with Gasteiger partial charge in [-0.2, -0.15) is 0 Å². The molecule has 1 aromatic heterocycles. The molecule has 0 spiro atoms. The number of ketones is 2. The summed E-state index contributed by atoms with van der Waals surface area (Å²) in [6.07, 6.45) is 3.99. The lowest BCUT2D eigenvalue weighted by molar-refractivity contribution is 0.0894. The first-order valence-electron chi connectivity index (χ1n) is 7.11. The molecule has 0 unspecified atom stereocenters. The van der Waals surface area contributed by atoms with Crippen LogP contribution in [-0.4, -0.2) is 16.6 Å². The molecule has 0 aliphatic heterocycles. The van der Waals surface area contributed by atoms with Crippen LogP contribution in [0.25, 0.3) is 0 Å². The molecule has 0 bridgehead atoms. The fraction of sp³-hybridized carbons (Fsp3) is 0.278. The first-order chi connectivity index (χ1) is 10.1. The molecule has 0 atom stereocenters. The van der Waals surface area contributed by atoms with Gasteiger partial charge in [-0.15, -0.1) is 0 Å². The molecule has 2 aromatic rings. The summed E-state index contributed by atoms with van der Waals surface area (Å²) < 4.78 is 0. The van der Waals surface area contributed by atoms with Crippen molar-refractivity contribution < 1.29 is 9.59 Å². The Morgan fingerprint density at radius 3 is 1.95 bits per heavy atom. The number of Topliss-reactive ketones (excluding diaryl/α,β-unsaturated/α-hetero) is 2. The van der Waals surface area contributed by atoms with E-state index in [1.807, 2.05) is 12.1 Å². The monoisotopic (exact) mass is 281 g/mol. The number of hydrogen-bond acceptors (Lipinski definition) is 3. The summed E-state index contributed by atoms with van der Waals surface area (Å²) in [6.45, 7) is 4.32. The maximum Gasteiger partial charge on any atom is 0.170 e. The van der Waals surface area contributed by atoms with Crippen LogP contribution in [0.2, 0.25) is 0 Å². The summed E-state index contributed by atoms with van der Waals surface area (Å²) in [7, 11) is 0. The van der Waals surface area contributed by atoms with Gasteiger partial charge in [0.1, 0.15) is 0 Å². The Labute approximate surface area is 125 Å². The van der Waals surface area contributed by atoms with Gasteiger partial charge in [0, 0.05) is 23.5 Å². The zero-order valence-electron chi connectivity index (χ0n) is 12.4. The lowest BCUT2D eigenvalue weighted by Gasteiger charge is -2.06. The van der Waals surface area contributed by atoms with E-state index in [4.69, 9.17) is 0 Å². The van der Waals surface area contributed by atoms with Crippen molar-refractivity contribution >= 4 is 11.6 Å². The number of hydrogen-bond donors (Lipinski definition) is 0. The van der Waals surface area contributed by atoms with E-state index in [0.29, 0.717) is 17.0 Å². The highest BCUT2D eigenvalue weighted by atomic mass is 16.1. The molecule has 3 heteroatoms. The number of carbonyl (C=O) groups excluding carboxylic acids is 2. The molecule has 0 saturated carbocycles. The van der Waals surface area contributed by atoms with Gasteiger partial charge in [0.05, 0.1) is 6.42 Å². The number of pyridine rings is 1. The summed E-state index contributed by atoms with van der Waals surface area (Å²) >= 11 is 0. The van der Waals surface area contributed by atoms with E-state index in [2.05, 4.69) is 18.8 Å². The third-order valence-electron chi connectivity index (χ3n) is 3.24. The lowest BCUT2D eigenvalue weighted by atomic mass is 9.98. The van der Waals surface area contributed by atoms with Crippen molar-refractivity contribution in [1.82, 2.24) is 4.98 Å². The summed E-state index contributed by atoms with van der Waals surface area (Å²) in [6, 6.07) is 10.8. The lowest BCUT2D eigenvalue weighted by Crippen LogP contribution is -2.08. The molecular formula is C18H19NO2. The topological polar surface area (TPSA) is 47.0 Å². The van der Waals surface area contributed by atoms with Gasteiger partial charge in [-0.25, -0.2) is 0 Å². The number of carbonyl (C=O) groups is 2. The average molecular weight is 281 g/mol. The fourth-order valence-corrected chi connectivity index (χ4v) is 2.19. The molecule has 0 amide bonds. The summed E-state index contributed by atoms with van der Waals surface area (Å²) in [5, 5.41) is 0. The summed E-state index contributed by atoms with van der Waals surface area (Å²) in [5.41, 5.74) is 2.32. The van der Waals surface area contributed by atoms with Gasteiger partial charge in [0.25, 0.3) is 0 Å². The molecule has 1 heterocycles. The van der Waals surface area contributed by atoms with Gasteiger partial charge < -0.3 is 0 Å². The van der Waals surface area contributed by atoms with E-state index in [-0.39, 0.29) is 18.0 Å². The van der Waals surface area contributed by atoms with Crippen molar-refractivity contribution in [3.05, 3.63) is 65.5 Å². The molecule has 0 radical (unpaired) electrons. The zero-order valence-corrected chi connectivity index (χ0v) is 12.4. The van der Waals surface area contributed by atoms with Crippen molar-refractivity contribution in [3.63, 3.8) is 0 Å². The fourth-order valence-electron chi connectivity index (χ4n) is 2.19. The molecule has 0 fully saturated rings. The number of rotatable bonds is 6. The molecule has 0 N–H and O–H groups in total. The maximum absolute atomic E-state index is 12.1. The average Bonchev–Trinajstić information content (AvgIpc) is 2.48. The van der Waals surface area contributed by atoms with Crippen LogP contribution in [0.15, 0.2) is 48.8 Å². The minimum Gasteiger partial charge on any atom is -0.294 e. The molecule has 0 aliphatic rings. The van der Waals surface area contributed by atoms with Crippen molar-refractivity contribution in [2.24, 2.45) is 5.92 Å². The highest BCUT2D eigenvalue weighted by Crippen LogP contribution is 2.12. The van der Waals surface area contributed by atoms with Crippen molar-refractivity contribution in [2.45, 2.75) is 26.7 Å². The van der Waals surface area contributed by atoms with E-state index in [9.17, 15) is 9.59 Å². The predicted octanol–water partition coefficient (Wildman–Crippen LogP) is 3.74. The smallest absolute Gasteiger partial charge is 0.170 e. The standard InChI is InChI=1S/C18H19NO2/c1-13(2)11-14-3-5-15(6-4-14)17(20)12-18(21)16-7-9-19-10-8-16/h3-10,13H,11-12H2,1-2H3. The van der Waals surface area contributed by atoms with Crippen LogP contribution in [0.1, 0.15) is 46.5 Å². The van der Waals surface area contributed by atoms with Crippen molar-refractivity contribution in [1.29, 1.82) is 0 Å². The highest BCUT2D eigenvalue weighted by molar-refractivity contribution is 6.13. The second-order valence-corrected chi connectivity index (χ2v) is 5.55. The zero-order chi connectivity index (χ0) is 15.2. The molecule has 21 heavy (non-hydrogen) atoms. The van der Waals surface area contributed by atoms with Crippen LogP contribution in [0.4, 0.5) is 0 Å². The third kappa shape index (κ3) is 4.35. The number of benzene rings is 1. The Balaban J connectivity index is 2.02. The number of nitrogens with zero attached hydrogens (tertiary/aromatic N) is 1. The normalized spacial score (nSPS) is 10.6. The first kappa shape index (κ1) is 15.1. The minimum absolute atomic E-state index is 0.104. The Kier molecular flexibility index (Phi) is 4.99. The molecule has 3 nitrogen and oxygen atoms in total. The van der Waals surface area contributed by atoms with Crippen LogP contribution in [0.5, 0.6) is 0 Å². The van der Waals surface area contributed by atoms with Crippen LogP contribution < -0.4 is 0 Å². The molecule has 0 aliphatic carbocycles. The Morgan fingerprint density at radius 1 is 0.905 bits per heavy atom. The van der Waals surface area contributed by atoms with E-state index in [1.165, 1.54) is 5.56 Å². The Morgan fingerprint density at radius 2 is 1.43 bits per heavy atom. The van der Waals surface area contributed by atoms with Gasteiger partial charge in [0.15, 0.2) is 11.6 Å². The van der Waals surface area contributed by atoms with Gasteiger partial charge in [0.2, 0.25) is 0 Å². The maximum atomic E-state index is 12.1. The van der Waals surface area contributed by atoms with Crippen LogP contribution in [0.3, 0.4) is 0 Å². The third-order valence-corrected chi connectivity index (χ3v) is 3.24. The van der Waals surface area contributed by atoms with Gasteiger partial charge in [-0.1, -0.05) is 38.1 Å². The first-order valence-corrected chi connectivity index (χ1v) is 7.11. The molecule has 108 valence electrons. The Bertz CT molecular complexity index is 615. The SMILES string of the molecule is CC(C)Cc1ccc(C(=O)CC(=O)c2ccncc2)cc1. The van der Waals surface area contributed by atoms with Crippen molar-refractivity contribution in [2.75, 3.05) is 0 Å².